The molecule has 36 heavy (non-hydrogen) atoms. The van der Waals surface area contributed by atoms with E-state index in [0.717, 1.165) is 48.7 Å². The van der Waals surface area contributed by atoms with Gasteiger partial charge >= 0.3 is 5.76 Å². The molecule has 9 heteroatoms. The highest BCUT2D eigenvalue weighted by molar-refractivity contribution is 7.90. The Morgan fingerprint density at radius 3 is 2.36 bits per heavy atom. The predicted molar refractivity (Wildman–Crippen MR) is 138 cm³/mol. The normalized spacial score (nSPS) is 18.8. The summed E-state index contributed by atoms with van der Waals surface area (Å²) in [5.74, 6) is -0.731. The number of rotatable bonds is 6. The van der Waals surface area contributed by atoms with Crippen LogP contribution in [0, 0.1) is 0 Å². The number of nitrogens with zero attached hydrogens (tertiary/aromatic N) is 3. The number of oxazole rings is 1. The van der Waals surface area contributed by atoms with Crippen LogP contribution in [0.4, 0.5) is 0 Å². The first-order valence-corrected chi connectivity index (χ1v) is 14.1. The van der Waals surface area contributed by atoms with Crippen molar-refractivity contribution in [2.45, 2.75) is 62.8 Å². The molecular formula is C27H33N3O5S. The highest BCUT2D eigenvalue weighted by atomic mass is 32.2. The Kier molecular flexibility index (Phi) is 6.32. The molecule has 0 saturated carbocycles. The Balaban J connectivity index is 1.16. The monoisotopic (exact) mass is 511 g/mol. The molecule has 192 valence electrons. The number of amides is 1. The van der Waals surface area contributed by atoms with Gasteiger partial charge < -0.3 is 9.32 Å². The molecule has 0 bridgehead atoms. The summed E-state index contributed by atoms with van der Waals surface area (Å²) in [6.45, 7) is 9.20. The number of fused-ring (bicyclic) bond motifs is 2. The molecule has 8 nitrogen and oxygen atoms in total. The van der Waals surface area contributed by atoms with Gasteiger partial charge in [-0.1, -0.05) is 39.0 Å². The topological polar surface area (TPSA) is 92.8 Å². The quantitative estimate of drug-likeness (QED) is 0.462. The van der Waals surface area contributed by atoms with Gasteiger partial charge in [-0.15, -0.1) is 0 Å². The fourth-order valence-corrected chi connectivity index (χ4v) is 6.90. The van der Waals surface area contributed by atoms with E-state index in [4.69, 9.17) is 4.42 Å². The number of sulfonamides is 1. The Morgan fingerprint density at radius 1 is 0.972 bits per heavy atom. The Bertz CT molecular complexity index is 1460. The molecule has 0 radical (unpaired) electrons. The van der Waals surface area contributed by atoms with Crippen molar-refractivity contribution in [1.82, 2.24) is 13.8 Å². The van der Waals surface area contributed by atoms with Gasteiger partial charge in [0.05, 0.1) is 11.1 Å². The summed E-state index contributed by atoms with van der Waals surface area (Å²) >= 11 is 0. The lowest BCUT2D eigenvalue weighted by Crippen LogP contribution is -2.37. The Morgan fingerprint density at radius 2 is 1.67 bits per heavy atom. The van der Waals surface area contributed by atoms with E-state index in [9.17, 15) is 18.0 Å². The third-order valence-corrected chi connectivity index (χ3v) is 9.24. The molecule has 5 rings (SSSR count). The Labute approximate surface area is 211 Å². The van der Waals surface area contributed by atoms with Crippen molar-refractivity contribution < 1.29 is 17.6 Å². The maximum absolute atomic E-state index is 12.7. The molecule has 2 aliphatic heterocycles. The largest absolute Gasteiger partial charge is 0.420 e. The van der Waals surface area contributed by atoms with E-state index in [1.807, 2.05) is 16.7 Å². The maximum Gasteiger partial charge on any atom is 0.420 e. The van der Waals surface area contributed by atoms with Crippen LogP contribution in [0.1, 0.15) is 68.4 Å². The average molecular weight is 512 g/mol. The Hall–Kier alpha value is -2.91. The smallest absolute Gasteiger partial charge is 0.408 e. The van der Waals surface area contributed by atoms with E-state index >= 15 is 0 Å². The van der Waals surface area contributed by atoms with Gasteiger partial charge in [0, 0.05) is 25.7 Å². The van der Waals surface area contributed by atoms with Crippen LogP contribution in [-0.2, 0) is 15.4 Å². The zero-order chi connectivity index (χ0) is 25.7. The second kappa shape index (κ2) is 9.19. The lowest BCUT2D eigenvalue weighted by Gasteiger charge is -2.32. The van der Waals surface area contributed by atoms with Crippen LogP contribution in [0.3, 0.4) is 0 Å². The first-order chi connectivity index (χ1) is 17.1. The lowest BCUT2D eigenvalue weighted by molar-refractivity contribution is 0.0868. The number of hydrogen-bond donors (Lipinski definition) is 0. The fraction of sp³-hybridized carbons (Fsp3) is 0.481. The summed E-state index contributed by atoms with van der Waals surface area (Å²) in [6, 6.07) is 12.5. The summed E-state index contributed by atoms with van der Waals surface area (Å²) in [5, 5.41) is 0. The van der Waals surface area contributed by atoms with Crippen molar-refractivity contribution >= 4 is 27.0 Å². The minimum Gasteiger partial charge on any atom is -0.408 e. The summed E-state index contributed by atoms with van der Waals surface area (Å²) in [7, 11) is -3.74. The number of likely N-dealkylation sites (tertiary alicyclic amines) is 1. The molecule has 0 aliphatic carbocycles. The van der Waals surface area contributed by atoms with E-state index in [1.165, 1.54) is 11.6 Å². The summed E-state index contributed by atoms with van der Waals surface area (Å²) < 4.78 is 33.8. The summed E-state index contributed by atoms with van der Waals surface area (Å²) in [6.07, 6.45) is 3.11. The molecule has 1 aromatic heterocycles. The molecule has 1 amide bonds. The zero-order valence-corrected chi connectivity index (χ0v) is 21.9. The minimum atomic E-state index is -3.74. The van der Waals surface area contributed by atoms with Gasteiger partial charge in [0.1, 0.15) is 4.90 Å². The van der Waals surface area contributed by atoms with Crippen molar-refractivity contribution in [1.29, 1.82) is 0 Å². The third-order valence-electron chi connectivity index (χ3n) is 7.40. The van der Waals surface area contributed by atoms with Crippen LogP contribution in [0.2, 0.25) is 0 Å². The molecule has 2 aliphatic rings. The van der Waals surface area contributed by atoms with E-state index in [1.54, 1.807) is 18.2 Å². The highest BCUT2D eigenvalue weighted by Crippen LogP contribution is 2.31. The predicted octanol–water partition coefficient (Wildman–Crippen LogP) is 4.15. The van der Waals surface area contributed by atoms with Crippen LogP contribution < -0.4 is 5.76 Å². The highest BCUT2D eigenvalue weighted by Gasteiger charge is 2.40. The van der Waals surface area contributed by atoms with Crippen molar-refractivity contribution in [3.8, 4) is 0 Å². The summed E-state index contributed by atoms with van der Waals surface area (Å²) in [5.41, 5.74) is 2.91. The van der Waals surface area contributed by atoms with Crippen molar-refractivity contribution in [2.24, 2.45) is 0 Å². The fourth-order valence-electron chi connectivity index (χ4n) is 5.29. The van der Waals surface area contributed by atoms with Crippen molar-refractivity contribution in [2.75, 3.05) is 26.2 Å². The molecule has 2 aromatic carbocycles. The van der Waals surface area contributed by atoms with Crippen molar-refractivity contribution in [3.63, 3.8) is 0 Å². The number of hydrogen-bond acceptors (Lipinski definition) is 6. The molecule has 0 spiro atoms. The van der Waals surface area contributed by atoms with E-state index in [2.05, 4.69) is 31.7 Å². The van der Waals surface area contributed by atoms with Crippen molar-refractivity contribution in [3.05, 3.63) is 64.1 Å². The van der Waals surface area contributed by atoms with Gasteiger partial charge in [0.15, 0.2) is 5.58 Å². The minimum absolute atomic E-state index is 0.0164. The number of carbonyl (C=O) groups excluding carboxylic acids is 1. The van der Waals surface area contributed by atoms with Gasteiger partial charge in [0.2, 0.25) is 0 Å². The van der Waals surface area contributed by atoms with Gasteiger partial charge in [-0.05, 0) is 67.5 Å². The molecule has 0 N–H and O–H groups in total. The molecule has 0 atom stereocenters. The van der Waals surface area contributed by atoms with E-state index in [-0.39, 0.29) is 34.2 Å². The van der Waals surface area contributed by atoms with Gasteiger partial charge in [-0.3, -0.25) is 9.36 Å². The SMILES string of the molecule is CC(C)(C)c1ccc2oc(=O)n(C3CCN(CCCCN4C(=O)c5ccccc5S4(=O)=O)CC3)c2c1. The van der Waals surface area contributed by atoms with Gasteiger partial charge in [0.25, 0.3) is 15.9 Å². The average Bonchev–Trinajstić information content (AvgIpc) is 3.27. The second-order valence-electron chi connectivity index (χ2n) is 10.8. The van der Waals surface area contributed by atoms with Gasteiger partial charge in [-0.2, -0.15) is 0 Å². The number of carbonyl (C=O) groups is 1. The molecule has 1 saturated heterocycles. The van der Waals surface area contributed by atoms with Crippen LogP contribution in [0.5, 0.6) is 0 Å². The number of aromatic nitrogens is 1. The molecule has 3 aromatic rings. The zero-order valence-electron chi connectivity index (χ0n) is 21.1. The lowest BCUT2D eigenvalue weighted by atomic mass is 9.87. The second-order valence-corrected chi connectivity index (χ2v) is 12.7. The standard InChI is InChI=1S/C27H33N3O5S/c1-27(2,3)19-10-11-23-22(18-19)30(26(32)35-23)20-12-16-28(17-13-20)14-6-7-15-29-25(31)21-8-4-5-9-24(21)36(29,33)34/h4-5,8-11,18,20H,6-7,12-17H2,1-3H3. The number of unbranched alkanes of at least 4 members (excludes halogenated alkanes) is 1. The van der Waals surface area contributed by atoms with Crippen LogP contribution in [0.15, 0.2) is 56.6 Å². The van der Waals surface area contributed by atoms with E-state index in [0.29, 0.717) is 12.0 Å². The number of benzene rings is 2. The maximum atomic E-state index is 12.7. The van der Waals surface area contributed by atoms with E-state index < -0.39 is 15.9 Å². The molecular weight excluding hydrogens is 478 g/mol. The van der Waals surface area contributed by atoms with Crippen LogP contribution in [-0.4, -0.2) is 54.3 Å². The number of piperidine rings is 1. The first-order valence-electron chi connectivity index (χ1n) is 12.6. The first kappa shape index (κ1) is 24.8. The van der Waals surface area contributed by atoms with Gasteiger partial charge in [-0.25, -0.2) is 17.5 Å². The molecule has 3 heterocycles. The third kappa shape index (κ3) is 4.39. The molecule has 1 fully saturated rings. The van der Waals surface area contributed by atoms with Crippen LogP contribution >= 0.6 is 0 Å². The summed E-state index contributed by atoms with van der Waals surface area (Å²) in [4.78, 5) is 27.7. The van der Waals surface area contributed by atoms with Crippen LogP contribution in [0.25, 0.3) is 11.1 Å². The molecule has 0 unspecified atom stereocenters.